The first-order valence-corrected chi connectivity index (χ1v) is 4.06. The number of hydrogen-bond acceptors (Lipinski definition) is 3. The lowest BCUT2D eigenvalue weighted by atomic mass is 10.2. The number of halogens is 6. The molecule has 0 unspecified atom stereocenters. The molecule has 0 aliphatic carbocycles. The van der Waals surface area contributed by atoms with Crippen molar-refractivity contribution in [3.8, 4) is 0 Å². The Morgan fingerprint density at radius 1 is 0.941 bits per heavy atom. The smallest absolute Gasteiger partial charge is 0.188 e. The summed E-state index contributed by atoms with van der Waals surface area (Å²) in [7, 11) is 0. The summed E-state index contributed by atoms with van der Waals surface area (Å²) < 4.78 is 74.7. The highest BCUT2D eigenvalue weighted by molar-refractivity contribution is 5.42. The number of aromatic nitrogens is 4. The molecule has 0 N–H and O–H groups in total. The molecular weight excluding hydrogens is 254 g/mol. The summed E-state index contributed by atoms with van der Waals surface area (Å²) in [5.74, 6) is 0. The van der Waals surface area contributed by atoms with Crippen molar-refractivity contribution in [3.63, 3.8) is 0 Å². The third-order valence-electron chi connectivity index (χ3n) is 1.92. The van der Waals surface area contributed by atoms with Gasteiger partial charge in [-0.05, 0) is 22.6 Å². The van der Waals surface area contributed by atoms with Crippen LogP contribution in [0.2, 0.25) is 0 Å². The van der Waals surface area contributed by atoms with Crippen LogP contribution in [0.4, 0.5) is 26.3 Å². The standard InChI is InChI=1S/C7H2F6N4/c8-6(9,10)3-1-4(7(11,12)13)17-5(2-3)14-15-16-17/h1-2H. The van der Waals surface area contributed by atoms with Gasteiger partial charge < -0.3 is 0 Å². The van der Waals surface area contributed by atoms with Crippen LogP contribution >= 0.6 is 0 Å². The number of alkyl halides is 6. The zero-order valence-electron chi connectivity index (χ0n) is 7.71. The highest BCUT2D eigenvalue weighted by Gasteiger charge is 2.39. The maximum atomic E-state index is 12.5. The van der Waals surface area contributed by atoms with E-state index in [1.165, 1.54) is 0 Å². The number of rotatable bonds is 0. The first kappa shape index (κ1) is 11.6. The average Bonchev–Trinajstić information content (AvgIpc) is 2.59. The van der Waals surface area contributed by atoms with Crippen molar-refractivity contribution in [1.82, 2.24) is 20.0 Å². The molecule has 0 aliphatic heterocycles. The van der Waals surface area contributed by atoms with Crippen LogP contribution in [-0.4, -0.2) is 20.0 Å². The Hall–Kier alpha value is -1.87. The summed E-state index contributed by atoms with van der Waals surface area (Å²) >= 11 is 0. The maximum absolute atomic E-state index is 12.5. The van der Waals surface area contributed by atoms with E-state index < -0.39 is 29.3 Å². The molecule has 0 saturated carbocycles. The lowest BCUT2D eigenvalue weighted by Gasteiger charge is -2.11. The highest BCUT2D eigenvalue weighted by atomic mass is 19.4. The van der Waals surface area contributed by atoms with Gasteiger partial charge in [0.15, 0.2) is 11.3 Å². The molecule has 0 atom stereocenters. The number of pyridine rings is 1. The minimum Gasteiger partial charge on any atom is -0.188 e. The van der Waals surface area contributed by atoms with Gasteiger partial charge in [-0.15, -0.1) is 5.10 Å². The second kappa shape index (κ2) is 3.31. The lowest BCUT2D eigenvalue weighted by Crippen LogP contribution is -2.16. The van der Waals surface area contributed by atoms with Gasteiger partial charge in [0.05, 0.1) is 5.56 Å². The van der Waals surface area contributed by atoms with E-state index in [0.717, 1.165) is 0 Å². The fourth-order valence-corrected chi connectivity index (χ4v) is 1.21. The van der Waals surface area contributed by atoms with Gasteiger partial charge in [-0.1, -0.05) is 0 Å². The summed E-state index contributed by atoms with van der Waals surface area (Å²) in [6, 6.07) is 0.401. The Balaban J connectivity index is 2.76. The molecule has 92 valence electrons. The molecule has 0 bridgehead atoms. The van der Waals surface area contributed by atoms with E-state index >= 15 is 0 Å². The molecule has 0 spiro atoms. The number of hydrogen-bond donors (Lipinski definition) is 0. The van der Waals surface area contributed by atoms with Crippen molar-refractivity contribution in [2.24, 2.45) is 0 Å². The van der Waals surface area contributed by atoms with Crippen LogP contribution in [0, 0.1) is 0 Å². The zero-order valence-corrected chi connectivity index (χ0v) is 7.71. The topological polar surface area (TPSA) is 43.1 Å². The predicted molar refractivity (Wildman–Crippen MR) is 40.8 cm³/mol. The number of fused-ring (bicyclic) bond motifs is 1. The Kier molecular flexibility index (Phi) is 2.26. The number of tetrazole rings is 1. The van der Waals surface area contributed by atoms with E-state index in [-0.39, 0.29) is 10.6 Å². The quantitative estimate of drug-likeness (QED) is 0.678. The normalized spacial score (nSPS) is 13.3. The first-order chi connectivity index (χ1) is 7.69. The van der Waals surface area contributed by atoms with E-state index in [4.69, 9.17) is 0 Å². The van der Waals surface area contributed by atoms with Gasteiger partial charge in [-0.3, -0.25) is 0 Å². The zero-order chi connectivity index (χ0) is 12.8. The molecule has 10 heteroatoms. The molecule has 0 aliphatic rings. The fraction of sp³-hybridized carbons (Fsp3) is 0.286. The largest absolute Gasteiger partial charge is 0.433 e. The molecular formula is C7H2F6N4. The van der Waals surface area contributed by atoms with Crippen molar-refractivity contribution >= 4 is 5.65 Å². The van der Waals surface area contributed by atoms with Crippen LogP contribution in [0.3, 0.4) is 0 Å². The molecule has 0 radical (unpaired) electrons. The third-order valence-corrected chi connectivity index (χ3v) is 1.92. The van der Waals surface area contributed by atoms with Crippen LogP contribution in [-0.2, 0) is 12.4 Å². The first-order valence-electron chi connectivity index (χ1n) is 4.06. The molecule has 2 aromatic heterocycles. The molecule has 2 aromatic rings. The lowest BCUT2D eigenvalue weighted by molar-refractivity contribution is -0.146. The molecule has 0 aromatic carbocycles. The molecule has 4 nitrogen and oxygen atoms in total. The second-order valence-electron chi connectivity index (χ2n) is 3.07. The Labute approximate surface area is 88.8 Å². The molecule has 0 fully saturated rings. The Morgan fingerprint density at radius 3 is 2.12 bits per heavy atom. The SMILES string of the molecule is FC(F)(F)c1cc(C(F)(F)F)n2nnnc2c1. The van der Waals surface area contributed by atoms with Crippen LogP contribution in [0.15, 0.2) is 12.1 Å². The van der Waals surface area contributed by atoms with Crippen LogP contribution < -0.4 is 0 Å². The fourth-order valence-electron chi connectivity index (χ4n) is 1.21. The van der Waals surface area contributed by atoms with E-state index in [2.05, 4.69) is 15.5 Å². The van der Waals surface area contributed by atoms with Gasteiger partial charge in [0.2, 0.25) is 0 Å². The van der Waals surface area contributed by atoms with Crippen molar-refractivity contribution in [3.05, 3.63) is 23.4 Å². The summed E-state index contributed by atoms with van der Waals surface area (Å²) in [4.78, 5) is 0. The number of nitrogens with zero attached hydrogens (tertiary/aromatic N) is 4. The second-order valence-corrected chi connectivity index (χ2v) is 3.07. The van der Waals surface area contributed by atoms with E-state index in [0.29, 0.717) is 6.07 Å². The minimum atomic E-state index is -4.98. The van der Waals surface area contributed by atoms with Crippen molar-refractivity contribution in [2.45, 2.75) is 12.4 Å². The Morgan fingerprint density at radius 2 is 1.59 bits per heavy atom. The van der Waals surface area contributed by atoms with E-state index in [1.54, 1.807) is 0 Å². The van der Waals surface area contributed by atoms with Gasteiger partial charge >= 0.3 is 12.4 Å². The van der Waals surface area contributed by atoms with Crippen LogP contribution in [0.25, 0.3) is 5.65 Å². The van der Waals surface area contributed by atoms with E-state index in [1.807, 2.05) is 0 Å². The predicted octanol–water partition coefficient (Wildman–Crippen LogP) is 2.16. The highest BCUT2D eigenvalue weighted by Crippen LogP contribution is 2.35. The summed E-state index contributed by atoms with van der Waals surface area (Å²) in [6.07, 6.45) is -9.87. The third kappa shape index (κ3) is 2.01. The minimum absolute atomic E-state index is 0.0383. The molecule has 17 heavy (non-hydrogen) atoms. The molecule has 0 amide bonds. The van der Waals surface area contributed by atoms with Crippen molar-refractivity contribution in [2.75, 3.05) is 0 Å². The van der Waals surface area contributed by atoms with Crippen LogP contribution in [0.1, 0.15) is 11.3 Å². The van der Waals surface area contributed by atoms with E-state index in [9.17, 15) is 26.3 Å². The summed E-state index contributed by atoms with van der Waals surface area (Å²) in [6.45, 7) is 0. The van der Waals surface area contributed by atoms with Gasteiger partial charge in [-0.2, -0.15) is 30.9 Å². The van der Waals surface area contributed by atoms with Gasteiger partial charge in [0.1, 0.15) is 0 Å². The van der Waals surface area contributed by atoms with Gasteiger partial charge in [-0.25, -0.2) is 0 Å². The molecule has 2 rings (SSSR count). The van der Waals surface area contributed by atoms with Gasteiger partial charge in [0.25, 0.3) is 0 Å². The summed E-state index contributed by atoms with van der Waals surface area (Å²) in [5.41, 5.74) is -3.65. The van der Waals surface area contributed by atoms with Crippen molar-refractivity contribution in [1.29, 1.82) is 0 Å². The molecule has 2 heterocycles. The Bertz CT molecular complexity index is 553. The summed E-state index contributed by atoms with van der Waals surface area (Å²) in [5, 5.41) is 8.94. The molecule has 0 saturated heterocycles. The monoisotopic (exact) mass is 256 g/mol. The average molecular weight is 256 g/mol. The maximum Gasteiger partial charge on any atom is 0.433 e. The van der Waals surface area contributed by atoms with Crippen LogP contribution in [0.5, 0.6) is 0 Å². The van der Waals surface area contributed by atoms with Crippen molar-refractivity contribution < 1.29 is 26.3 Å². The van der Waals surface area contributed by atoms with Gasteiger partial charge in [0, 0.05) is 0 Å².